The van der Waals surface area contributed by atoms with Gasteiger partial charge in [0.15, 0.2) is 6.79 Å². The number of amides is 1. The summed E-state index contributed by atoms with van der Waals surface area (Å²) in [5.41, 5.74) is -0.379. The molecule has 11 heteroatoms. The van der Waals surface area contributed by atoms with E-state index in [1.807, 2.05) is 0 Å². The molecule has 170 valence electrons. The zero-order chi connectivity index (χ0) is 23.4. The average Bonchev–Trinajstić information content (AvgIpc) is 2.70. The van der Waals surface area contributed by atoms with Crippen LogP contribution in [0.1, 0.15) is 36.7 Å². The Kier molecular flexibility index (Phi) is 7.54. The molecule has 1 atom stereocenters. The third-order valence-electron chi connectivity index (χ3n) is 4.18. The van der Waals surface area contributed by atoms with E-state index in [0.717, 1.165) is 19.2 Å². The van der Waals surface area contributed by atoms with Crippen molar-refractivity contribution in [3.05, 3.63) is 47.5 Å². The molecule has 0 aliphatic rings. The second kappa shape index (κ2) is 9.40. The quantitative estimate of drug-likeness (QED) is 0.337. The zero-order valence-corrected chi connectivity index (χ0v) is 18.4. The van der Waals surface area contributed by atoms with Crippen molar-refractivity contribution in [1.29, 1.82) is 0 Å². The van der Waals surface area contributed by atoms with E-state index < -0.39 is 49.7 Å². The Balaban J connectivity index is 2.38. The van der Waals surface area contributed by atoms with Crippen LogP contribution in [-0.4, -0.2) is 32.6 Å². The van der Waals surface area contributed by atoms with E-state index >= 15 is 8.78 Å². The van der Waals surface area contributed by atoms with Crippen LogP contribution in [0.3, 0.4) is 0 Å². The van der Waals surface area contributed by atoms with Crippen LogP contribution in [0.2, 0.25) is 0 Å². The van der Waals surface area contributed by atoms with Crippen LogP contribution in [0.5, 0.6) is 0 Å². The lowest BCUT2D eigenvalue weighted by atomic mass is 9.98. The van der Waals surface area contributed by atoms with Gasteiger partial charge in [-0.3, -0.25) is 23.2 Å². The van der Waals surface area contributed by atoms with E-state index in [9.17, 15) is 14.2 Å². The fourth-order valence-corrected chi connectivity index (χ4v) is 3.72. The van der Waals surface area contributed by atoms with E-state index in [4.69, 9.17) is 19.5 Å². The highest BCUT2D eigenvalue weighted by molar-refractivity contribution is 7.54. The van der Waals surface area contributed by atoms with Gasteiger partial charge >= 0.3 is 19.2 Å². The minimum Gasteiger partial charge on any atom is -0.438 e. The van der Waals surface area contributed by atoms with Crippen molar-refractivity contribution < 1.29 is 41.5 Å². The minimum atomic E-state index is -5.21. The van der Waals surface area contributed by atoms with Crippen molar-refractivity contribution in [3.63, 3.8) is 0 Å². The summed E-state index contributed by atoms with van der Waals surface area (Å²) in [7, 11) is -4.05. The van der Waals surface area contributed by atoms with Gasteiger partial charge in [-0.1, -0.05) is 18.2 Å². The molecule has 1 amide bonds. The van der Waals surface area contributed by atoms with Gasteiger partial charge in [-0.2, -0.15) is 8.78 Å². The summed E-state index contributed by atoms with van der Waals surface area (Å²) in [6.45, 7) is 2.91. The van der Waals surface area contributed by atoms with E-state index in [-0.39, 0.29) is 10.9 Å². The molecule has 2 aromatic carbocycles. The maximum atomic E-state index is 15.3. The summed E-state index contributed by atoms with van der Waals surface area (Å²) in [6, 6.07) is 7.81. The first-order chi connectivity index (χ1) is 14.3. The number of primary amides is 1. The summed E-state index contributed by atoms with van der Waals surface area (Å²) in [4.78, 5) is 23.2. The first-order valence-electron chi connectivity index (χ1n) is 9.09. The summed E-state index contributed by atoms with van der Waals surface area (Å²) in [5, 5.41) is 0.822. The maximum Gasteiger partial charge on any atom is 0.409 e. The van der Waals surface area contributed by atoms with Gasteiger partial charge in [-0.15, -0.1) is 0 Å². The Hall–Kier alpha value is -2.39. The molecule has 0 heterocycles. The smallest absolute Gasteiger partial charge is 0.409 e. The molecule has 0 aromatic heterocycles. The van der Waals surface area contributed by atoms with E-state index in [1.54, 1.807) is 26.8 Å². The van der Waals surface area contributed by atoms with Gasteiger partial charge in [-0.25, -0.2) is 0 Å². The van der Waals surface area contributed by atoms with Crippen LogP contribution >= 0.6 is 7.60 Å². The molecular formula is C20H24F2NO7P. The van der Waals surface area contributed by atoms with Gasteiger partial charge in [0.05, 0.1) is 5.41 Å². The van der Waals surface area contributed by atoms with Crippen LogP contribution in [0.25, 0.3) is 10.8 Å². The van der Waals surface area contributed by atoms with E-state index in [1.165, 1.54) is 18.2 Å². The SMILES string of the molecule is COCOP(=O)(OCOC(=O)C(C)(C)C)C(F)(F)c1ccc2ccc(C(N)=O)cc2c1. The monoisotopic (exact) mass is 459 g/mol. The predicted molar refractivity (Wildman–Crippen MR) is 108 cm³/mol. The standard InChI is InChI=1S/C20H24F2NO7P/c1-19(2,3)18(25)28-12-30-31(26,29-11-27-4)20(21,22)16-8-7-13-5-6-14(17(23)24)9-15(13)10-16/h5-10H,11-12H2,1-4H3,(H2,23,24). The number of hydrogen-bond donors (Lipinski definition) is 1. The second-order valence-corrected chi connectivity index (χ2v) is 9.72. The normalized spacial score (nSPS) is 14.3. The van der Waals surface area contributed by atoms with Crippen molar-refractivity contribution in [2.24, 2.45) is 11.1 Å². The molecule has 0 saturated carbocycles. The molecule has 0 aliphatic carbocycles. The molecule has 0 fully saturated rings. The Bertz CT molecular complexity index is 1020. The number of benzene rings is 2. The Morgan fingerprint density at radius 3 is 2.19 bits per heavy atom. The number of carbonyl (C=O) groups excluding carboxylic acids is 2. The number of methoxy groups -OCH3 is 1. The van der Waals surface area contributed by atoms with Crippen molar-refractivity contribution in [2.45, 2.75) is 26.4 Å². The third-order valence-corrected chi connectivity index (χ3v) is 6.02. The highest BCUT2D eigenvalue weighted by Gasteiger charge is 2.55. The molecule has 0 radical (unpaired) electrons. The first-order valence-corrected chi connectivity index (χ1v) is 10.6. The highest BCUT2D eigenvalue weighted by Crippen LogP contribution is 2.67. The number of hydrogen-bond acceptors (Lipinski definition) is 7. The lowest BCUT2D eigenvalue weighted by Crippen LogP contribution is -2.25. The molecule has 1 unspecified atom stereocenters. The van der Waals surface area contributed by atoms with Crippen LogP contribution in [0.15, 0.2) is 36.4 Å². The zero-order valence-electron chi connectivity index (χ0n) is 17.5. The number of rotatable bonds is 9. The molecule has 0 aliphatic heterocycles. The summed E-state index contributed by atoms with van der Waals surface area (Å²) >= 11 is 0. The topological polar surface area (TPSA) is 114 Å². The molecule has 8 nitrogen and oxygen atoms in total. The van der Waals surface area contributed by atoms with Gasteiger partial charge in [0.1, 0.15) is 0 Å². The number of alkyl halides is 2. The van der Waals surface area contributed by atoms with E-state index in [2.05, 4.69) is 4.74 Å². The average molecular weight is 459 g/mol. The first kappa shape index (κ1) is 24.9. The molecule has 2 aromatic rings. The van der Waals surface area contributed by atoms with Gasteiger partial charge < -0.3 is 15.2 Å². The molecule has 31 heavy (non-hydrogen) atoms. The summed E-state index contributed by atoms with van der Waals surface area (Å²) in [5.74, 6) is -1.46. The fourth-order valence-electron chi connectivity index (χ4n) is 2.43. The number of halogens is 2. The third kappa shape index (κ3) is 5.65. The van der Waals surface area contributed by atoms with Crippen LogP contribution in [-0.2, 0) is 33.5 Å². The highest BCUT2D eigenvalue weighted by atomic mass is 31.2. The van der Waals surface area contributed by atoms with Crippen LogP contribution in [0, 0.1) is 5.41 Å². The number of nitrogens with two attached hydrogens (primary N) is 1. The van der Waals surface area contributed by atoms with Crippen molar-refractivity contribution in [1.82, 2.24) is 0 Å². The minimum absolute atomic E-state index is 0.122. The molecular weight excluding hydrogens is 435 g/mol. The predicted octanol–water partition coefficient (Wildman–Crippen LogP) is 4.37. The molecule has 0 saturated heterocycles. The van der Waals surface area contributed by atoms with Gasteiger partial charge in [0.2, 0.25) is 12.7 Å². The van der Waals surface area contributed by atoms with E-state index in [0.29, 0.717) is 5.39 Å². The van der Waals surface area contributed by atoms with Gasteiger partial charge in [0, 0.05) is 18.2 Å². The largest absolute Gasteiger partial charge is 0.438 e. The summed E-state index contributed by atoms with van der Waals surface area (Å²) < 4.78 is 62.4. The number of esters is 1. The Morgan fingerprint density at radius 2 is 1.61 bits per heavy atom. The molecule has 0 spiro atoms. The van der Waals surface area contributed by atoms with Gasteiger partial charge in [-0.05, 0) is 49.7 Å². The number of ether oxygens (including phenoxy) is 2. The lowest BCUT2D eigenvalue weighted by molar-refractivity contribution is -0.161. The lowest BCUT2D eigenvalue weighted by Gasteiger charge is -2.27. The fraction of sp³-hybridized carbons (Fsp3) is 0.400. The second-order valence-electron chi connectivity index (χ2n) is 7.64. The Morgan fingerprint density at radius 1 is 1.00 bits per heavy atom. The summed E-state index contributed by atoms with van der Waals surface area (Å²) in [6.07, 6.45) is 0. The molecule has 2 N–H and O–H groups in total. The molecule has 2 rings (SSSR count). The number of carbonyl (C=O) groups is 2. The van der Waals surface area contributed by atoms with Crippen molar-refractivity contribution in [2.75, 3.05) is 20.7 Å². The van der Waals surface area contributed by atoms with Crippen molar-refractivity contribution >= 4 is 30.2 Å². The van der Waals surface area contributed by atoms with Gasteiger partial charge in [0.25, 0.3) is 0 Å². The van der Waals surface area contributed by atoms with Crippen LogP contribution in [0.4, 0.5) is 8.78 Å². The van der Waals surface area contributed by atoms with Crippen molar-refractivity contribution in [3.8, 4) is 0 Å². The Labute approximate surface area is 178 Å². The maximum absolute atomic E-state index is 15.3. The van der Waals surface area contributed by atoms with Crippen LogP contribution < -0.4 is 5.73 Å². The number of fused-ring (bicyclic) bond motifs is 1. The molecule has 0 bridgehead atoms.